The van der Waals surface area contributed by atoms with Gasteiger partial charge in [-0.1, -0.05) is 12.1 Å². The first-order valence-electron chi connectivity index (χ1n) is 6.88. The fourth-order valence-electron chi connectivity index (χ4n) is 2.45. The number of H-pyrrole nitrogens is 1. The summed E-state index contributed by atoms with van der Waals surface area (Å²) in [6.45, 7) is 0. The molecule has 0 spiro atoms. The molecule has 0 amide bonds. The van der Waals surface area contributed by atoms with Gasteiger partial charge in [0.25, 0.3) is 5.56 Å². The minimum absolute atomic E-state index is 0.123. The van der Waals surface area contributed by atoms with Crippen LogP contribution in [-0.2, 0) is 6.42 Å². The van der Waals surface area contributed by atoms with Gasteiger partial charge in [-0.15, -0.1) is 0 Å². The van der Waals surface area contributed by atoms with Gasteiger partial charge in [-0.2, -0.15) is 0 Å². The fourth-order valence-corrected chi connectivity index (χ4v) is 2.45. The maximum Gasteiger partial charge on any atom is 0.258 e. The monoisotopic (exact) mass is 296 g/mol. The Hall–Kier alpha value is -2.82. The molecule has 112 valence electrons. The third-order valence-electron chi connectivity index (χ3n) is 3.56. The second-order valence-electron chi connectivity index (χ2n) is 4.95. The molecule has 0 atom stereocenters. The maximum atomic E-state index is 11.7. The van der Waals surface area contributed by atoms with Crippen LogP contribution in [0.15, 0.2) is 47.5 Å². The first-order chi connectivity index (χ1) is 10.7. The molecular weight excluding hydrogens is 280 g/mol. The molecule has 0 radical (unpaired) electrons. The van der Waals surface area contributed by atoms with E-state index in [1.807, 2.05) is 30.3 Å². The number of fused-ring (bicyclic) bond motifs is 1. The summed E-state index contributed by atoms with van der Waals surface area (Å²) in [4.78, 5) is 18.5. The zero-order valence-corrected chi connectivity index (χ0v) is 12.4. The summed E-state index contributed by atoms with van der Waals surface area (Å²) in [6.07, 6.45) is 2.15. The maximum absolute atomic E-state index is 11.7. The average molecular weight is 296 g/mol. The van der Waals surface area contributed by atoms with Crippen LogP contribution in [0.3, 0.4) is 0 Å². The Labute approximate surface area is 127 Å². The smallest absolute Gasteiger partial charge is 0.258 e. The molecule has 0 aliphatic carbocycles. The summed E-state index contributed by atoms with van der Waals surface area (Å²) in [5.41, 5.74) is 2.75. The third kappa shape index (κ3) is 2.65. The fraction of sp³-hybridized carbons (Fsp3) is 0.176. The number of rotatable bonds is 4. The van der Waals surface area contributed by atoms with Crippen LogP contribution in [0.2, 0.25) is 0 Å². The Bertz CT molecular complexity index is 871. The lowest BCUT2D eigenvalue weighted by molar-refractivity contribution is 0.354. The van der Waals surface area contributed by atoms with Gasteiger partial charge in [0, 0.05) is 0 Å². The third-order valence-corrected chi connectivity index (χ3v) is 3.56. The molecule has 5 heteroatoms. The number of ether oxygens (including phenoxy) is 2. The molecule has 22 heavy (non-hydrogen) atoms. The van der Waals surface area contributed by atoms with Crippen LogP contribution >= 0.6 is 0 Å². The van der Waals surface area contributed by atoms with E-state index in [0.29, 0.717) is 22.4 Å². The lowest BCUT2D eigenvalue weighted by atomic mass is 10.0. The largest absolute Gasteiger partial charge is 0.493 e. The molecule has 0 unspecified atom stereocenters. The number of nitrogens with one attached hydrogen (secondary N) is 1. The van der Waals surface area contributed by atoms with E-state index in [1.54, 1.807) is 20.3 Å². The molecule has 3 rings (SSSR count). The van der Waals surface area contributed by atoms with E-state index in [1.165, 1.54) is 6.33 Å². The summed E-state index contributed by atoms with van der Waals surface area (Å²) < 4.78 is 10.6. The predicted molar refractivity (Wildman–Crippen MR) is 84.7 cm³/mol. The molecule has 3 aromatic rings. The summed E-state index contributed by atoms with van der Waals surface area (Å²) >= 11 is 0. The minimum Gasteiger partial charge on any atom is -0.493 e. The lowest BCUT2D eigenvalue weighted by Crippen LogP contribution is -2.06. The van der Waals surface area contributed by atoms with Crippen LogP contribution in [0.5, 0.6) is 11.5 Å². The van der Waals surface area contributed by atoms with Gasteiger partial charge in [0.1, 0.15) is 0 Å². The number of hydrogen-bond donors (Lipinski definition) is 1. The van der Waals surface area contributed by atoms with Crippen LogP contribution in [0.25, 0.3) is 10.9 Å². The van der Waals surface area contributed by atoms with Crippen LogP contribution < -0.4 is 15.0 Å². The van der Waals surface area contributed by atoms with E-state index in [-0.39, 0.29) is 5.56 Å². The van der Waals surface area contributed by atoms with E-state index in [9.17, 15) is 4.79 Å². The minimum atomic E-state index is -0.123. The SMILES string of the molecule is COc1ccc(Cc2ccc3c(=O)[nH]cnc3c2)cc1OC. The van der Waals surface area contributed by atoms with Crippen molar-refractivity contribution in [3.8, 4) is 11.5 Å². The zero-order chi connectivity index (χ0) is 15.5. The van der Waals surface area contributed by atoms with Crippen molar-refractivity contribution in [1.82, 2.24) is 9.97 Å². The predicted octanol–water partition coefficient (Wildman–Crippen LogP) is 2.53. The first-order valence-corrected chi connectivity index (χ1v) is 6.88. The molecule has 0 fully saturated rings. The van der Waals surface area contributed by atoms with Crippen molar-refractivity contribution in [3.63, 3.8) is 0 Å². The van der Waals surface area contributed by atoms with Crippen molar-refractivity contribution in [2.45, 2.75) is 6.42 Å². The van der Waals surface area contributed by atoms with Gasteiger partial charge in [-0.25, -0.2) is 4.98 Å². The summed E-state index contributed by atoms with van der Waals surface area (Å²) in [5, 5.41) is 0.596. The van der Waals surface area contributed by atoms with Gasteiger partial charge in [0.15, 0.2) is 11.5 Å². The van der Waals surface area contributed by atoms with Crippen molar-refractivity contribution in [2.75, 3.05) is 14.2 Å². The molecule has 5 nitrogen and oxygen atoms in total. The molecule has 1 aromatic heterocycles. The standard InChI is InChI=1S/C17H16N2O3/c1-21-15-6-4-12(9-16(15)22-2)7-11-3-5-13-14(8-11)18-10-19-17(13)20/h3-6,8-10H,7H2,1-2H3,(H,18,19,20). The molecular formula is C17H16N2O3. The molecule has 0 aliphatic rings. The van der Waals surface area contributed by atoms with E-state index < -0.39 is 0 Å². The van der Waals surface area contributed by atoms with Crippen LogP contribution in [-0.4, -0.2) is 24.2 Å². The van der Waals surface area contributed by atoms with Crippen molar-refractivity contribution in [2.24, 2.45) is 0 Å². The Morgan fingerprint density at radius 3 is 2.50 bits per heavy atom. The normalized spacial score (nSPS) is 10.6. The summed E-state index contributed by atoms with van der Waals surface area (Å²) in [6, 6.07) is 11.5. The molecule has 2 aromatic carbocycles. The molecule has 0 bridgehead atoms. The van der Waals surface area contributed by atoms with Gasteiger partial charge >= 0.3 is 0 Å². The second kappa shape index (κ2) is 5.89. The molecule has 0 saturated heterocycles. The van der Waals surface area contributed by atoms with E-state index >= 15 is 0 Å². The molecule has 0 aliphatic heterocycles. The van der Waals surface area contributed by atoms with Gasteiger partial charge in [0.05, 0.1) is 31.4 Å². The number of nitrogens with zero attached hydrogens (tertiary/aromatic N) is 1. The summed E-state index contributed by atoms with van der Waals surface area (Å²) in [5.74, 6) is 1.41. The van der Waals surface area contributed by atoms with Crippen LogP contribution in [0, 0.1) is 0 Å². The highest BCUT2D eigenvalue weighted by atomic mass is 16.5. The Balaban J connectivity index is 1.94. The van der Waals surface area contributed by atoms with E-state index in [2.05, 4.69) is 9.97 Å². The highest BCUT2D eigenvalue weighted by Gasteiger charge is 2.06. The first kappa shape index (κ1) is 14.1. The number of hydrogen-bond acceptors (Lipinski definition) is 4. The second-order valence-corrected chi connectivity index (χ2v) is 4.95. The number of methoxy groups -OCH3 is 2. The average Bonchev–Trinajstić information content (AvgIpc) is 2.55. The van der Waals surface area contributed by atoms with Crippen molar-refractivity contribution >= 4 is 10.9 Å². The Kier molecular flexibility index (Phi) is 3.78. The van der Waals surface area contributed by atoms with Gasteiger partial charge in [0.2, 0.25) is 0 Å². The van der Waals surface area contributed by atoms with Crippen LogP contribution in [0.4, 0.5) is 0 Å². The van der Waals surface area contributed by atoms with Gasteiger partial charge in [-0.05, 0) is 41.8 Å². The van der Waals surface area contributed by atoms with Crippen molar-refractivity contribution in [3.05, 3.63) is 64.2 Å². The molecule has 1 N–H and O–H groups in total. The quantitative estimate of drug-likeness (QED) is 0.803. The Morgan fingerprint density at radius 2 is 1.73 bits per heavy atom. The van der Waals surface area contributed by atoms with E-state index in [0.717, 1.165) is 17.5 Å². The number of benzene rings is 2. The topological polar surface area (TPSA) is 64.2 Å². The lowest BCUT2D eigenvalue weighted by Gasteiger charge is -2.10. The van der Waals surface area contributed by atoms with Crippen molar-refractivity contribution < 1.29 is 9.47 Å². The van der Waals surface area contributed by atoms with Gasteiger partial charge in [-0.3, -0.25) is 4.79 Å². The number of aromatic amines is 1. The van der Waals surface area contributed by atoms with E-state index in [4.69, 9.17) is 9.47 Å². The highest BCUT2D eigenvalue weighted by molar-refractivity contribution is 5.77. The van der Waals surface area contributed by atoms with Crippen molar-refractivity contribution in [1.29, 1.82) is 0 Å². The highest BCUT2D eigenvalue weighted by Crippen LogP contribution is 2.28. The van der Waals surface area contributed by atoms with Gasteiger partial charge < -0.3 is 14.5 Å². The number of aromatic nitrogens is 2. The molecule has 1 heterocycles. The summed E-state index contributed by atoms with van der Waals surface area (Å²) in [7, 11) is 3.23. The van der Waals surface area contributed by atoms with Crippen LogP contribution in [0.1, 0.15) is 11.1 Å². The molecule has 0 saturated carbocycles. The zero-order valence-electron chi connectivity index (χ0n) is 12.4. The Morgan fingerprint density at radius 1 is 1.00 bits per heavy atom.